The van der Waals surface area contributed by atoms with E-state index in [1.165, 1.54) is 0 Å². The van der Waals surface area contributed by atoms with Gasteiger partial charge in [-0.1, -0.05) is 11.6 Å². The van der Waals surface area contributed by atoms with E-state index in [1.807, 2.05) is 18.0 Å². The molecule has 0 aromatic carbocycles. The molecular formula is C13H20ClN3O2. The van der Waals surface area contributed by atoms with Gasteiger partial charge in [-0.15, -0.1) is 0 Å². The Balaban J connectivity index is 2.13. The van der Waals surface area contributed by atoms with E-state index in [1.54, 1.807) is 6.20 Å². The van der Waals surface area contributed by atoms with Gasteiger partial charge >= 0.3 is 0 Å². The second-order valence-electron chi connectivity index (χ2n) is 5.00. The van der Waals surface area contributed by atoms with Crippen LogP contribution in [-0.4, -0.2) is 42.5 Å². The molecule has 3 N–H and O–H groups in total. The quantitative estimate of drug-likeness (QED) is 0.869. The first-order valence-electron chi connectivity index (χ1n) is 6.40. The average molecular weight is 286 g/mol. The van der Waals surface area contributed by atoms with Crippen molar-refractivity contribution in [3.05, 3.63) is 22.8 Å². The maximum Gasteiger partial charge on any atom is 0.147 e. The molecule has 0 aliphatic carbocycles. The zero-order valence-corrected chi connectivity index (χ0v) is 11.9. The Labute approximate surface area is 118 Å². The molecular weight excluding hydrogens is 266 g/mol. The molecule has 0 radical (unpaired) electrons. The molecule has 1 aliphatic heterocycles. The van der Waals surface area contributed by atoms with Gasteiger partial charge in [0, 0.05) is 52.4 Å². The Bertz CT molecular complexity index is 436. The van der Waals surface area contributed by atoms with E-state index < -0.39 is 5.60 Å². The fourth-order valence-corrected chi connectivity index (χ4v) is 2.65. The van der Waals surface area contributed by atoms with Crippen LogP contribution in [-0.2, 0) is 11.3 Å². The molecule has 1 fully saturated rings. The lowest BCUT2D eigenvalue weighted by Crippen LogP contribution is -2.46. The molecule has 1 saturated heterocycles. The average Bonchev–Trinajstić information content (AvgIpc) is 2.39. The summed E-state index contributed by atoms with van der Waals surface area (Å²) in [5.41, 5.74) is 5.75. The fraction of sp³-hybridized carbons (Fsp3) is 0.615. The van der Waals surface area contributed by atoms with Gasteiger partial charge in [-0.2, -0.15) is 0 Å². The SMILES string of the molecule is CN(CC1(O)CCOCC1)c1nccc(CN)c1Cl. The summed E-state index contributed by atoms with van der Waals surface area (Å²) in [7, 11) is 1.88. The monoisotopic (exact) mass is 285 g/mol. The van der Waals surface area contributed by atoms with Crippen LogP contribution in [0.5, 0.6) is 0 Å². The van der Waals surface area contributed by atoms with E-state index >= 15 is 0 Å². The Kier molecular flexibility index (Phi) is 4.62. The maximum atomic E-state index is 10.5. The molecule has 2 rings (SSSR count). The highest BCUT2D eigenvalue weighted by Gasteiger charge is 2.32. The predicted octanol–water partition coefficient (Wildman–Crippen LogP) is 1.17. The Hall–Kier alpha value is -0.880. The summed E-state index contributed by atoms with van der Waals surface area (Å²) in [6.45, 7) is 2.04. The van der Waals surface area contributed by atoms with Crippen molar-refractivity contribution in [2.24, 2.45) is 5.73 Å². The van der Waals surface area contributed by atoms with E-state index in [2.05, 4.69) is 4.98 Å². The van der Waals surface area contributed by atoms with Crippen LogP contribution >= 0.6 is 11.6 Å². The van der Waals surface area contributed by atoms with Crippen LogP contribution in [0.1, 0.15) is 18.4 Å². The molecule has 2 heterocycles. The second kappa shape index (κ2) is 6.05. The molecule has 0 bridgehead atoms. The van der Waals surface area contributed by atoms with Gasteiger partial charge < -0.3 is 20.5 Å². The third-order valence-corrected chi connectivity index (χ3v) is 3.90. The largest absolute Gasteiger partial charge is 0.388 e. The number of hydrogen-bond donors (Lipinski definition) is 2. The number of aliphatic hydroxyl groups is 1. The summed E-state index contributed by atoms with van der Waals surface area (Å²) in [5.74, 6) is 0.657. The van der Waals surface area contributed by atoms with Crippen molar-refractivity contribution in [3.63, 3.8) is 0 Å². The number of nitrogens with zero attached hydrogens (tertiary/aromatic N) is 2. The van der Waals surface area contributed by atoms with Gasteiger partial charge in [0.15, 0.2) is 0 Å². The van der Waals surface area contributed by atoms with Crippen molar-refractivity contribution in [2.45, 2.75) is 25.0 Å². The normalized spacial score (nSPS) is 18.3. The van der Waals surface area contributed by atoms with Crippen LogP contribution < -0.4 is 10.6 Å². The first-order valence-corrected chi connectivity index (χ1v) is 6.78. The Morgan fingerprint density at radius 2 is 2.21 bits per heavy atom. The molecule has 1 aromatic rings. The number of halogens is 1. The van der Waals surface area contributed by atoms with E-state index in [0.29, 0.717) is 50.0 Å². The van der Waals surface area contributed by atoms with Crippen molar-refractivity contribution in [1.82, 2.24) is 4.98 Å². The highest BCUT2D eigenvalue weighted by atomic mass is 35.5. The molecule has 5 nitrogen and oxygen atoms in total. The minimum Gasteiger partial charge on any atom is -0.388 e. The standard InChI is InChI=1S/C13H20ClN3O2/c1-17(9-13(18)3-6-19-7-4-13)12-11(14)10(8-15)2-5-16-12/h2,5,18H,3-4,6-9,15H2,1H3. The van der Waals surface area contributed by atoms with Gasteiger partial charge in [-0.3, -0.25) is 0 Å². The van der Waals surface area contributed by atoms with Gasteiger partial charge in [0.1, 0.15) is 5.82 Å². The topological polar surface area (TPSA) is 71.6 Å². The highest BCUT2D eigenvalue weighted by Crippen LogP contribution is 2.29. The minimum atomic E-state index is -0.739. The zero-order valence-electron chi connectivity index (χ0n) is 11.1. The number of hydrogen-bond acceptors (Lipinski definition) is 5. The number of rotatable bonds is 4. The number of pyridine rings is 1. The zero-order chi connectivity index (χ0) is 13.9. The summed E-state index contributed by atoms with van der Waals surface area (Å²) >= 11 is 6.28. The van der Waals surface area contributed by atoms with Crippen molar-refractivity contribution < 1.29 is 9.84 Å². The van der Waals surface area contributed by atoms with E-state index in [-0.39, 0.29) is 0 Å². The summed E-state index contributed by atoms with van der Waals surface area (Å²) in [6, 6.07) is 1.81. The molecule has 106 valence electrons. The molecule has 0 saturated carbocycles. The van der Waals surface area contributed by atoms with Crippen LogP contribution in [0, 0.1) is 0 Å². The summed E-state index contributed by atoms with van der Waals surface area (Å²) in [4.78, 5) is 6.16. The lowest BCUT2D eigenvalue weighted by Gasteiger charge is -2.36. The first-order chi connectivity index (χ1) is 9.06. The fourth-order valence-electron chi connectivity index (χ4n) is 2.32. The molecule has 0 amide bonds. The number of likely N-dealkylation sites (N-methyl/N-ethyl adjacent to an activating group) is 1. The van der Waals surface area contributed by atoms with Crippen molar-refractivity contribution >= 4 is 17.4 Å². The second-order valence-corrected chi connectivity index (χ2v) is 5.38. The Morgan fingerprint density at radius 3 is 2.84 bits per heavy atom. The number of aromatic nitrogens is 1. The van der Waals surface area contributed by atoms with Gasteiger partial charge in [-0.25, -0.2) is 4.98 Å². The molecule has 6 heteroatoms. The van der Waals surface area contributed by atoms with Gasteiger partial charge in [0.2, 0.25) is 0 Å². The highest BCUT2D eigenvalue weighted by molar-refractivity contribution is 6.33. The Morgan fingerprint density at radius 1 is 1.53 bits per heavy atom. The third kappa shape index (κ3) is 3.36. The summed E-state index contributed by atoms with van der Waals surface area (Å²) in [5, 5.41) is 11.1. The molecule has 0 spiro atoms. The van der Waals surface area contributed by atoms with Gasteiger partial charge in [0.05, 0.1) is 10.6 Å². The summed E-state index contributed by atoms with van der Waals surface area (Å²) < 4.78 is 5.28. The molecule has 0 atom stereocenters. The summed E-state index contributed by atoms with van der Waals surface area (Å²) in [6.07, 6.45) is 2.95. The van der Waals surface area contributed by atoms with Gasteiger partial charge in [-0.05, 0) is 11.6 Å². The van der Waals surface area contributed by atoms with Crippen LogP contribution in [0.4, 0.5) is 5.82 Å². The smallest absolute Gasteiger partial charge is 0.147 e. The van der Waals surface area contributed by atoms with E-state index in [0.717, 1.165) is 5.56 Å². The number of anilines is 1. The molecule has 19 heavy (non-hydrogen) atoms. The van der Waals surface area contributed by atoms with Crippen LogP contribution in [0.2, 0.25) is 5.02 Å². The minimum absolute atomic E-state index is 0.375. The van der Waals surface area contributed by atoms with Crippen molar-refractivity contribution in [3.8, 4) is 0 Å². The molecule has 1 aliphatic rings. The molecule has 1 aromatic heterocycles. The molecule has 0 unspecified atom stereocenters. The predicted molar refractivity (Wildman–Crippen MR) is 75.4 cm³/mol. The van der Waals surface area contributed by atoms with Crippen molar-refractivity contribution in [1.29, 1.82) is 0 Å². The van der Waals surface area contributed by atoms with E-state index in [4.69, 9.17) is 22.1 Å². The van der Waals surface area contributed by atoms with Crippen molar-refractivity contribution in [2.75, 3.05) is 31.7 Å². The first kappa shape index (κ1) is 14.5. The lowest BCUT2D eigenvalue weighted by atomic mass is 9.94. The maximum absolute atomic E-state index is 10.5. The number of ether oxygens (including phenoxy) is 1. The van der Waals surface area contributed by atoms with Gasteiger partial charge in [0.25, 0.3) is 0 Å². The van der Waals surface area contributed by atoms with Crippen LogP contribution in [0.25, 0.3) is 0 Å². The lowest BCUT2D eigenvalue weighted by molar-refractivity contribution is -0.0573. The third-order valence-electron chi connectivity index (χ3n) is 3.49. The van der Waals surface area contributed by atoms with Crippen LogP contribution in [0.3, 0.4) is 0 Å². The van der Waals surface area contributed by atoms with E-state index in [9.17, 15) is 5.11 Å². The van der Waals surface area contributed by atoms with Crippen LogP contribution in [0.15, 0.2) is 12.3 Å². The number of nitrogens with two attached hydrogens (primary N) is 1.